The minimum absolute atomic E-state index is 0.162. The Morgan fingerprint density at radius 3 is 2.06 bits per heavy atom. The third-order valence-corrected chi connectivity index (χ3v) is 3.94. The fourth-order valence-corrected chi connectivity index (χ4v) is 2.98. The van der Waals surface area contributed by atoms with E-state index in [2.05, 4.69) is 69.7 Å². The molecule has 2 heteroatoms. The Labute approximate surface area is 113 Å². The molecule has 18 heavy (non-hydrogen) atoms. The highest BCUT2D eigenvalue weighted by Gasteiger charge is 2.18. The first-order chi connectivity index (χ1) is 8.38. The van der Waals surface area contributed by atoms with Crippen molar-refractivity contribution in [2.24, 2.45) is 0 Å². The molecule has 0 N–H and O–H groups in total. The van der Waals surface area contributed by atoms with Gasteiger partial charge in [-0.05, 0) is 39.0 Å². The van der Waals surface area contributed by atoms with Gasteiger partial charge in [0, 0.05) is 21.7 Å². The summed E-state index contributed by atoms with van der Waals surface area (Å²) in [4.78, 5) is 1.41. The molecule has 2 aromatic rings. The first-order valence-electron chi connectivity index (χ1n) is 6.17. The van der Waals surface area contributed by atoms with Gasteiger partial charge in [-0.1, -0.05) is 18.2 Å². The summed E-state index contributed by atoms with van der Waals surface area (Å²) in [6.45, 7) is 6.25. The molecular weight excluding hydrogens is 240 g/mol. The highest BCUT2D eigenvalue weighted by Crippen LogP contribution is 2.32. The van der Waals surface area contributed by atoms with Gasteiger partial charge in [-0.2, -0.15) is 0 Å². The van der Waals surface area contributed by atoms with Gasteiger partial charge in [0.25, 0.3) is 0 Å². The molecule has 0 aliphatic rings. The van der Waals surface area contributed by atoms with E-state index in [0.29, 0.717) is 0 Å². The fourth-order valence-electron chi connectivity index (χ4n) is 2.02. The van der Waals surface area contributed by atoms with Gasteiger partial charge in [0.15, 0.2) is 4.90 Å². The van der Waals surface area contributed by atoms with Gasteiger partial charge in [0.05, 0.1) is 0 Å². The first-order valence-corrected chi connectivity index (χ1v) is 8.21. The molecule has 0 saturated carbocycles. The molecule has 0 atom stereocenters. The molecule has 0 spiro atoms. The zero-order valence-electron chi connectivity index (χ0n) is 11.8. The lowest BCUT2D eigenvalue weighted by Gasteiger charge is -2.22. The van der Waals surface area contributed by atoms with E-state index in [-0.39, 0.29) is 16.5 Å². The molecule has 2 rings (SSSR count). The quantitative estimate of drug-likeness (QED) is 0.734. The van der Waals surface area contributed by atoms with Gasteiger partial charge in [0.1, 0.15) is 23.9 Å². The summed E-state index contributed by atoms with van der Waals surface area (Å²) in [5.74, 6) is 0.979. The van der Waals surface area contributed by atoms with Crippen LogP contribution < -0.4 is 4.74 Å². The predicted molar refractivity (Wildman–Crippen MR) is 81.8 cm³/mol. The van der Waals surface area contributed by atoms with Crippen molar-refractivity contribution >= 4 is 21.7 Å². The number of hydrogen-bond acceptors (Lipinski definition) is 1. The smallest absolute Gasteiger partial charge is 0.162 e. The normalized spacial score (nSPS) is 12.1. The zero-order chi connectivity index (χ0) is 13.3. The summed E-state index contributed by atoms with van der Waals surface area (Å²) in [7, 11) is 0.260. The second kappa shape index (κ2) is 4.85. The number of rotatable bonds is 2. The number of benzene rings is 2. The molecule has 0 aliphatic carbocycles. The van der Waals surface area contributed by atoms with Crippen LogP contribution in [-0.4, -0.2) is 18.1 Å². The molecule has 0 heterocycles. The van der Waals surface area contributed by atoms with Crippen LogP contribution in [0.3, 0.4) is 0 Å². The van der Waals surface area contributed by atoms with E-state index in [9.17, 15) is 0 Å². The molecule has 0 unspecified atom stereocenters. The average Bonchev–Trinajstić information content (AvgIpc) is 2.27. The van der Waals surface area contributed by atoms with Crippen molar-refractivity contribution in [3.05, 3.63) is 36.4 Å². The highest BCUT2D eigenvalue weighted by molar-refractivity contribution is 7.95. The van der Waals surface area contributed by atoms with E-state index in [1.165, 1.54) is 15.7 Å². The number of fused-ring (bicyclic) bond motifs is 1. The number of ether oxygens (including phenoxy) is 1. The summed E-state index contributed by atoms with van der Waals surface area (Å²) < 4.78 is 6.05. The van der Waals surface area contributed by atoms with Gasteiger partial charge < -0.3 is 4.74 Å². The summed E-state index contributed by atoms with van der Waals surface area (Å²) in [5, 5.41) is 2.53. The van der Waals surface area contributed by atoms with Crippen molar-refractivity contribution in [2.75, 3.05) is 12.5 Å². The highest BCUT2D eigenvalue weighted by atomic mass is 32.2. The molecule has 0 fully saturated rings. The molecule has 1 nitrogen and oxygen atoms in total. The van der Waals surface area contributed by atoms with Crippen LogP contribution in [-0.2, 0) is 10.9 Å². The van der Waals surface area contributed by atoms with E-state index < -0.39 is 0 Å². The van der Waals surface area contributed by atoms with Crippen molar-refractivity contribution in [1.29, 1.82) is 0 Å². The molecule has 0 amide bonds. The molecule has 0 aliphatic heterocycles. The molecule has 0 bridgehead atoms. The van der Waals surface area contributed by atoms with Crippen molar-refractivity contribution in [3.8, 4) is 5.75 Å². The monoisotopic (exact) mass is 261 g/mol. The zero-order valence-corrected chi connectivity index (χ0v) is 12.6. The maximum atomic E-state index is 6.05. The van der Waals surface area contributed by atoms with E-state index >= 15 is 0 Å². The van der Waals surface area contributed by atoms with Crippen LogP contribution in [0.2, 0.25) is 0 Å². The second-order valence-corrected chi connectivity index (χ2v) is 7.71. The maximum absolute atomic E-state index is 6.05. The van der Waals surface area contributed by atoms with E-state index in [1.54, 1.807) is 0 Å². The van der Waals surface area contributed by atoms with Gasteiger partial charge in [0.2, 0.25) is 0 Å². The van der Waals surface area contributed by atoms with Crippen LogP contribution in [0.25, 0.3) is 10.8 Å². The van der Waals surface area contributed by atoms with Crippen LogP contribution >= 0.6 is 0 Å². The molecule has 0 saturated heterocycles. The molecule has 0 radical (unpaired) electrons. The SMILES string of the molecule is C[S+](C)c1ccc(OC(C)(C)C)c2ccccc12. The lowest BCUT2D eigenvalue weighted by molar-refractivity contribution is 0.133. The summed E-state index contributed by atoms with van der Waals surface area (Å²) >= 11 is 0. The third-order valence-electron chi connectivity index (χ3n) is 2.70. The van der Waals surface area contributed by atoms with Gasteiger partial charge >= 0.3 is 0 Å². The van der Waals surface area contributed by atoms with Crippen molar-refractivity contribution in [1.82, 2.24) is 0 Å². The topological polar surface area (TPSA) is 9.23 Å². The molecular formula is C16H21OS+. The Hall–Kier alpha value is -1.15. The lowest BCUT2D eigenvalue weighted by atomic mass is 10.1. The van der Waals surface area contributed by atoms with E-state index in [4.69, 9.17) is 4.74 Å². The molecule has 0 aromatic heterocycles. The Morgan fingerprint density at radius 1 is 0.889 bits per heavy atom. The summed E-state index contributed by atoms with van der Waals surface area (Å²) in [6, 6.07) is 12.8. The van der Waals surface area contributed by atoms with Gasteiger partial charge in [-0.25, -0.2) is 0 Å². The first kappa shape index (κ1) is 13.3. The van der Waals surface area contributed by atoms with Crippen LogP contribution in [0.1, 0.15) is 20.8 Å². The summed E-state index contributed by atoms with van der Waals surface area (Å²) in [6.07, 6.45) is 4.51. The Bertz CT molecular complexity index is 553. The minimum Gasteiger partial charge on any atom is -0.488 e. The Morgan fingerprint density at radius 2 is 1.50 bits per heavy atom. The van der Waals surface area contributed by atoms with E-state index in [0.717, 1.165) is 5.75 Å². The third kappa shape index (κ3) is 2.81. The Balaban J connectivity index is 2.61. The minimum atomic E-state index is -0.162. The summed E-state index contributed by atoms with van der Waals surface area (Å²) in [5.41, 5.74) is -0.162. The lowest BCUT2D eigenvalue weighted by Crippen LogP contribution is -2.23. The largest absolute Gasteiger partial charge is 0.488 e. The predicted octanol–water partition coefficient (Wildman–Crippen LogP) is 4.25. The standard InChI is InChI=1S/C16H21OS/c1-16(2,3)17-14-10-11-15(18(4)5)13-9-7-6-8-12(13)14/h6-11H,1-5H3/q+1. The van der Waals surface area contributed by atoms with E-state index in [1.807, 2.05) is 0 Å². The van der Waals surface area contributed by atoms with Crippen LogP contribution in [0.15, 0.2) is 41.3 Å². The number of hydrogen-bond donors (Lipinski definition) is 0. The average molecular weight is 261 g/mol. The van der Waals surface area contributed by atoms with Crippen LogP contribution in [0, 0.1) is 0 Å². The second-order valence-electron chi connectivity index (χ2n) is 5.64. The van der Waals surface area contributed by atoms with Crippen molar-refractivity contribution in [2.45, 2.75) is 31.3 Å². The Kier molecular flexibility index (Phi) is 3.58. The van der Waals surface area contributed by atoms with Crippen LogP contribution in [0.5, 0.6) is 5.75 Å². The van der Waals surface area contributed by atoms with Crippen molar-refractivity contribution < 1.29 is 4.74 Å². The molecule has 96 valence electrons. The van der Waals surface area contributed by atoms with Gasteiger partial charge in [-0.3, -0.25) is 0 Å². The maximum Gasteiger partial charge on any atom is 0.162 e. The fraction of sp³-hybridized carbons (Fsp3) is 0.375. The molecule has 2 aromatic carbocycles. The van der Waals surface area contributed by atoms with Crippen molar-refractivity contribution in [3.63, 3.8) is 0 Å². The van der Waals surface area contributed by atoms with Crippen LogP contribution in [0.4, 0.5) is 0 Å². The van der Waals surface area contributed by atoms with Gasteiger partial charge in [-0.15, -0.1) is 0 Å².